The number of nitrogens with zero attached hydrogens (tertiary/aromatic N) is 2. The summed E-state index contributed by atoms with van der Waals surface area (Å²) < 4.78 is 17.7. The molecule has 2 N–H and O–H groups in total. The number of anilines is 1. The predicted molar refractivity (Wildman–Crippen MR) is 57.4 cm³/mol. The quantitative estimate of drug-likeness (QED) is 0.869. The third kappa shape index (κ3) is 1.62. The number of aromatic nitrogens is 2. The highest BCUT2D eigenvalue weighted by molar-refractivity contribution is 9.10. The molecular formula is C8H5BrFN3S. The maximum absolute atomic E-state index is 13.5. The molecule has 0 saturated heterocycles. The fourth-order valence-corrected chi connectivity index (χ4v) is 1.99. The van der Waals surface area contributed by atoms with Gasteiger partial charge in [-0.2, -0.15) is 9.36 Å². The Morgan fingerprint density at radius 1 is 1.43 bits per heavy atom. The lowest BCUT2D eigenvalue weighted by atomic mass is 10.2. The normalized spacial score (nSPS) is 10.4. The molecule has 0 aliphatic rings. The molecule has 2 aromatic rings. The van der Waals surface area contributed by atoms with Crippen LogP contribution in [-0.4, -0.2) is 9.36 Å². The van der Waals surface area contributed by atoms with Crippen LogP contribution in [0.2, 0.25) is 0 Å². The Morgan fingerprint density at radius 2 is 2.21 bits per heavy atom. The lowest BCUT2D eigenvalue weighted by Crippen LogP contribution is -1.87. The average molecular weight is 274 g/mol. The van der Waals surface area contributed by atoms with Gasteiger partial charge in [0.15, 0.2) is 0 Å². The van der Waals surface area contributed by atoms with Crippen LogP contribution >= 0.6 is 27.5 Å². The second-order valence-corrected chi connectivity index (χ2v) is 4.17. The van der Waals surface area contributed by atoms with Crippen molar-refractivity contribution < 1.29 is 4.39 Å². The minimum atomic E-state index is -0.344. The van der Waals surface area contributed by atoms with Crippen molar-refractivity contribution >= 4 is 33.4 Å². The Morgan fingerprint density at radius 3 is 2.86 bits per heavy atom. The van der Waals surface area contributed by atoms with E-state index in [0.717, 1.165) is 11.5 Å². The number of rotatable bonds is 1. The van der Waals surface area contributed by atoms with Gasteiger partial charge >= 0.3 is 0 Å². The number of halogens is 2. The molecule has 72 valence electrons. The fourth-order valence-electron chi connectivity index (χ4n) is 1.01. The zero-order valence-corrected chi connectivity index (χ0v) is 9.27. The van der Waals surface area contributed by atoms with Gasteiger partial charge in [0.25, 0.3) is 0 Å². The minimum Gasteiger partial charge on any atom is -0.367 e. The summed E-state index contributed by atoms with van der Waals surface area (Å²) in [5, 5.41) is 0.487. The van der Waals surface area contributed by atoms with E-state index in [4.69, 9.17) is 5.73 Å². The SMILES string of the molecule is Nc1nsc(-c2cccc(Br)c2F)n1. The van der Waals surface area contributed by atoms with Crippen molar-refractivity contribution in [3.8, 4) is 10.6 Å². The second kappa shape index (κ2) is 3.62. The maximum Gasteiger partial charge on any atom is 0.232 e. The number of hydrogen-bond acceptors (Lipinski definition) is 4. The third-order valence-corrected chi connectivity index (χ3v) is 3.00. The van der Waals surface area contributed by atoms with Crippen LogP contribution in [0.5, 0.6) is 0 Å². The van der Waals surface area contributed by atoms with Gasteiger partial charge in [0.1, 0.15) is 10.8 Å². The molecule has 0 fully saturated rings. The summed E-state index contributed by atoms with van der Waals surface area (Å²) in [5.74, 6) is -0.173. The Kier molecular flexibility index (Phi) is 2.47. The van der Waals surface area contributed by atoms with Gasteiger partial charge in [-0.25, -0.2) is 4.39 Å². The Balaban J connectivity index is 2.57. The van der Waals surface area contributed by atoms with E-state index in [1.165, 1.54) is 0 Å². The van der Waals surface area contributed by atoms with Gasteiger partial charge in [0.2, 0.25) is 5.95 Å². The molecule has 0 atom stereocenters. The molecule has 1 heterocycles. The molecule has 1 aromatic carbocycles. The summed E-state index contributed by atoms with van der Waals surface area (Å²) >= 11 is 4.18. The standard InChI is InChI=1S/C8H5BrFN3S/c9-5-3-1-2-4(6(5)10)7-12-8(11)13-14-7/h1-3H,(H2,11,13). The van der Waals surface area contributed by atoms with Crippen LogP contribution in [0.1, 0.15) is 0 Å². The van der Waals surface area contributed by atoms with E-state index in [1.807, 2.05) is 0 Å². The van der Waals surface area contributed by atoms with Crippen molar-refractivity contribution in [1.29, 1.82) is 0 Å². The van der Waals surface area contributed by atoms with Crippen molar-refractivity contribution in [2.75, 3.05) is 5.73 Å². The zero-order valence-electron chi connectivity index (χ0n) is 6.87. The summed E-state index contributed by atoms with van der Waals surface area (Å²) in [7, 11) is 0. The van der Waals surface area contributed by atoms with Gasteiger partial charge in [-0.15, -0.1) is 0 Å². The Labute approximate surface area is 92.1 Å². The van der Waals surface area contributed by atoms with Gasteiger partial charge < -0.3 is 5.73 Å². The molecule has 0 unspecified atom stereocenters. The molecule has 0 bridgehead atoms. The first-order valence-electron chi connectivity index (χ1n) is 3.72. The first-order valence-corrected chi connectivity index (χ1v) is 5.28. The van der Waals surface area contributed by atoms with Crippen molar-refractivity contribution in [3.63, 3.8) is 0 Å². The number of benzene rings is 1. The van der Waals surface area contributed by atoms with Crippen LogP contribution in [0.25, 0.3) is 10.6 Å². The van der Waals surface area contributed by atoms with Crippen molar-refractivity contribution in [1.82, 2.24) is 9.36 Å². The number of nitrogen functional groups attached to an aromatic ring is 1. The molecule has 3 nitrogen and oxygen atoms in total. The van der Waals surface area contributed by atoms with Crippen LogP contribution in [0.4, 0.5) is 10.3 Å². The van der Waals surface area contributed by atoms with Crippen LogP contribution in [0, 0.1) is 5.82 Å². The monoisotopic (exact) mass is 273 g/mol. The molecule has 0 aliphatic heterocycles. The van der Waals surface area contributed by atoms with E-state index >= 15 is 0 Å². The minimum absolute atomic E-state index is 0.171. The molecule has 14 heavy (non-hydrogen) atoms. The number of hydrogen-bond donors (Lipinski definition) is 1. The second-order valence-electron chi connectivity index (χ2n) is 2.56. The van der Waals surface area contributed by atoms with E-state index in [0.29, 0.717) is 15.0 Å². The van der Waals surface area contributed by atoms with Crippen LogP contribution in [0.15, 0.2) is 22.7 Å². The van der Waals surface area contributed by atoms with Crippen LogP contribution < -0.4 is 5.73 Å². The largest absolute Gasteiger partial charge is 0.367 e. The summed E-state index contributed by atoms with van der Waals surface area (Å²) in [6.07, 6.45) is 0. The summed E-state index contributed by atoms with van der Waals surface area (Å²) in [4.78, 5) is 3.91. The fraction of sp³-hybridized carbons (Fsp3) is 0. The van der Waals surface area contributed by atoms with Crippen LogP contribution in [0.3, 0.4) is 0 Å². The van der Waals surface area contributed by atoms with Crippen LogP contribution in [-0.2, 0) is 0 Å². The molecular weight excluding hydrogens is 269 g/mol. The van der Waals surface area contributed by atoms with Gasteiger partial charge in [-0.05, 0) is 39.6 Å². The number of nitrogens with two attached hydrogens (primary N) is 1. The van der Waals surface area contributed by atoms with E-state index < -0.39 is 0 Å². The lowest BCUT2D eigenvalue weighted by molar-refractivity contribution is 0.624. The Hall–Kier alpha value is -1.01. The first kappa shape index (κ1) is 9.54. The van der Waals surface area contributed by atoms with Crippen molar-refractivity contribution in [2.45, 2.75) is 0 Å². The average Bonchev–Trinajstić information content (AvgIpc) is 2.57. The summed E-state index contributed by atoms with van der Waals surface area (Å²) in [5.41, 5.74) is 5.77. The van der Waals surface area contributed by atoms with Crippen molar-refractivity contribution in [2.24, 2.45) is 0 Å². The van der Waals surface area contributed by atoms with Gasteiger partial charge in [-0.1, -0.05) is 6.07 Å². The Bertz CT molecular complexity index is 471. The van der Waals surface area contributed by atoms with E-state index in [2.05, 4.69) is 25.3 Å². The molecule has 0 aliphatic carbocycles. The van der Waals surface area contributed by atoms with Gasteiger partial charge in [0.05, 0.1) is 4.47 Å². The summed E-state index contributed by atoms with van der Waals surface area (Å²) in [6.45, 7) is 0. The molecule has 0 saturated carbocycles. The van der Waals surface area contributed by atoms with E-state index in [1.54, 1.807) is 18.2 Å². The molecule has 0 spiro atoms. The van der Waals surface area contributed by atoms with Crippen molar-refractivity contribution in [3.05, 3.63) is 28.5 Å². The molecule has 0 radical (unpaired) electrons. The highest BCUT2D eigenvalue weighted by Gasteiger charge is 2.11. The molecule has 2 rings (SSSR count). The predicted octanol–water partition coefficient (Wildman–Crippen LogP) is 2.69. The third-order valence-electron chi connectivity index (χ3n) is 1.62. The van der Waals surface area contributed by atoms with Gasteiger partial charge in [-0.3, -0.25) is 0 Å². The maximum atomic E-state index is 13.5. The smallest absolute Gasteiger partial charge is 0.232 e. The highest BCUT2D eigenvalue weighted by atomic mass is 79.9. The summed E-state index contributed by atoms with van der Waals surface area (Å²) in [6, 6.07) is 5.00. The topological polar surface area (TPSA) is 51.8 Å². The molecule has 1 aromatic heterocycles. The molecule has 0 amide bonds. The van der Waals surface area contributed by atoms with E-state index in [9.17, 15) is 4.39 Å². The lowest BCUT2D eigenvalue weighted by Gasteiger charge is -1.99. The van der Waals surface area contributed by atoms with Gasteiger partial charge in [0, 0.05) is 5.56 Å². The first-order chi connectivity index (χ1) is 6.68. The zero-order chi connectivity index (χ0) is 10.1. The molecule has 6 heteroatoms. The van der Waals surface area contributed by atoms with E-state index in [-0.39, 0.29) is 11.8 Å². The highest BCUT2D eigenvalue weighted by Crippen LogP contribution is 2.28.